The fourth-order valence-corrected chi connectivity index (χ4v) is 2.10. The van der Waals surface area contributed by atoms with Gasteiger partial charge in [0, 0.05) is 6.04 Å². The van der Waals surface area contributed by atoms with Crippen molar-refractivity contribution in [3.05, 3.63) is 0 Å². The van der Waals surface area contributed by atoms with Crippen molar-refractivity contribution in [1.29, 1.82) is 0 Å². The normalized spacial score (nSPS) is 15.3. The maximum Gasteiger partial charge on any atom is 0.214 e. The maximum absolute atomic E-state index is 11.4. The molecule has 0 aliphatic heterocycles. The molecule has 0 saturated carbocycles. The van der Waals surface area contributed by atoms with Gasteiger partial charge in [0.2, 0.25) is 10.0 Å². The Morgan fingerprint density at radius 2 is 1.54 bits per heavy atom. The van der Waals surface area contributed by atoms with Crippen LogP contribution in [0.25, 0.3) is 0 Å². The van der Waals surface area contributed by atoms with E-state index in [0.717, 1.165) is 6.42 Å². The van der Waals surface area contributed by atoms with E-state index in [1.54, 1.807) is 13.8 Å². The highest BCUT2D eigenvalue weighted by Crippen LogP contribution is 2.06. The lowest BCUT2D eigenvalue weighted by Gasteiger charge is -2.17. The molecule has 4 heteroatoms. The zero-order valence-corrected chi connectivity index (χ0v) is 9.98. The second kappa shape index (κ2) is 4.96. The van der Waals surface area contributed by atoms with Crippen molar-refractivity contribution >= 4 is 10.0 Å². The van der Waals surface area contributed by atoms with E-state index < -0.39 is 10.0 Å². The molecule has 0 saturated heterocycles. The molecule has 0 aromatic carbocycles. The second-order valence-corrected chi connectivity index (χ2v) is 6.51. The number of nitrogens with one attached hydrogen (secondary N) is 1. The van der Waals surface area contributed by atoms with Crippen molar-refractivity contribution < 1.29 is 8.42 Å². The number of hydrogen-bond acceptors (Lipinski definition) is 2. The largest absolute Gasteiger partial charge is 0.214 e. The molecule has 0 heterocycles. The first kappa shape index (κ1) is 12.9. The minimum absolute atomic E-state index is 0.0346. The summed E-state index contributed by atoms with van der Waals surface area (Å²) in [7, 11) is -3.09. The molecule has 0 aliphatic carbocycles. The first-order valence-corrected chi connectivity index (χ1v) is 6.31. The van der Waals surface area contributed by atoms with Crippen LogP contribution >= 0.6 is 0 Å². The van der Waals surface area contributed by atoms with Gasteiger partial charge in [-0.15, -0.1) is 0 Å². The van der Waals surface area contributed by atoms with Gasteiger partial charge in [0.05, 0.1) is 5.25 Å². The molecule has 1 N–H and O–H groups in total. The highest BCUT2D eigenvalue weighted by molar-refractivity contribution is 7.90. The highest BCUT2D eigenvalue weighted by Gasteiger charge is 2.18. The third kappa shape index (κ3) is 5.26. The SMILES string of the molecule is CC(C)CC(C)NS(=O)(=O)C(C)C. The molecule has 0 bridgehead atoms. The average molecular weight is 207 g/mol. The Labute approximate surface area is 82.0 Å². The van der Waals surface area contributed by atoms with Crippen molar-refractivity contribution in [2.45, 2.75) is 52.3 Å². The van der Waals surface area contributed by atoms with Gasteiger partial charge in [-0.25, -0.2) is 13.1 Å². The lowest BCUT2D eigenvalue weighted by molar-refractivity contribution is 0.480. The second-order valence-electron chi connectivity index (χ2n) is 4.24. The molecule has 0 radical (unpaired) electrons. The van der Waals surface area contributed by atoms with E-state index in [9.17, 15) is 8.42 Å². The van der Waals surface area contributed by atoms with Crippen LogP contribution < -0.4 is 4.72 Å². The molecule has 0 aromatic rings. The van der Waals surface area contributed by atoms with Crippen LogP contribution in [0.3, 0.4) is 0 Å². The summed E-state index contributed by atoms with van der Waals surface area (Å²) in [6.45, 7) is 9.44. The van der Waals surface area contributed by atoms with Crippen LogP contribution in [-0.2, 0) is 10.0 Å². The maximum atomic E-state index is 11.4. The summed E-state index contributed by atoms with van der Waals surface area (Å²) in [6.07, 6.45) is 0.881. The van der Waals surface area contributed by atoms with Crippen LogP contribution in [0.4, 0.5) is 0 Å². The van der Waals surface area contributed by atoms with Gasteiger partial charge in [-0.1, -0.05) is 13.8 Å². The van der Waals surface area contributed by atoms with Gasteiger partial charge in [-0.05, 0) is 33.1 Å². The molecule has 13 heavy (non-hydrogen) atoms. The zero-order valence-electron chi connectivity index (χ0n) is 9.16. The lowest BCUT2D eigenvalue weighted by Crippen LogP contribution is -2.37. The first-order chi connectivity index (χ1) is 5.75. The van der Waals surface area contributed by atoms with Gasteiger partial charge < -0.3 is 0 Å². The van der Waals surface area contributed by atoms with Crippen molar-refractivity contribution in [3.63, 3.8) is 0 Å². The van der Waals surface area contributed by atoms with Crippen molar-refractivity contribution in [3.8, 4) is 0 Å². The number of sulfonamides is 1. The number of hydrogen-bond donors (Lipinski definition) is 1. The van der Waals surface area contributed by atoms with Crippen LogP contribution in [0.1, 0.15) is 41.0 Å². The monoisotopic (exact) mass is 207 g/mol. The smallest absolute Gasteiger partial charge is 0.212 e. The molecule has 0 amide bonds. The lowest BCUT2D eigenvalue weighted by atomic mass is 10.1. The fourth-order valence-electron chi connectivity index (χ4n) is 1.17. The molecular weight excluding hydrogens is 186 g/mol. The van der Waals surface area contributed by atoms with Crippen molar-refractivity contribution in [2.24, 2.45) is 5.92 Å². The predicted molar refractivity (Wildman–Crippen MR) is 56.1 cm³/mol. The van der Waals surface area contributed by atoms with E-state index in [2.05, 4.69) is 18.6 Å². The molecule has 0 aromatic heterocycles. The van der Waals surface area contributed by atoms with Gasteiger partial charge in [0.15, 0.2) is 0 Å². The third-order valence-corrected chi connectivity index (χ3v) is 3.78. The topological polar surface area (TPSA) is 46.2 Å². The quantitative estimate of drug-likeness (QED) is 0.746. The van der Waals surface area contributed by atoms with E-state index in [1.165, 1.54) is 0 Å². The van der Waals surface area contributed by atoms with Crippen molar-refractivity contribution in [1.82, 2.24) is 4.72 Å². The Kier molecular flexibility index (Phi) is 4.92. The van der Waals surface area contributed by atoms with Crippen LogP contribution in [-0.4, -0.2) is 19.7 Å². The molecule has 1 unspecified atom stereocenters. The summed E-state index contributed by atoms with van der Waals surface area (Å²) in [6, 6.07) is 0.0346. The standard InChI is InChI=1S/C9H21NO2S/c1-7(2)6-9(5)10-13(11,12)8(3)4/h7-10H,6H2,1-5H3. The summed E-state index contributed by atoms with van der Waals surface area (Å²) in [4.78, 5) is 0. The molecule has 3 nitrogen and oxygen atoms in total. The van der Waals surface area contributed by atoms with E-state index in [0.29, 0.717) is 5.92 Å². The van der Waals surface area contributed by atoms with Gasteiger partial charge >= 0.3 is 0 Å². The summed E-state index contributed by atoms with van der Waals surface area (Å²) in [5.74, 6) is 0.518. The Bertz CT molecular complexity index is 232. The van der Waals surface area contributed by atoms with Crippen LogP contribution in [0, 0.1) is 5.92 Å². The third-order valence-electron chi connectivity index (χ3n) is 1.81. The first-order valence-electron chi connectivity index (χ1n) is 4.77. The van der Waals surface area contributed by atoms with Crippen molar-refractivity contribution in [2.75, 3.05) is 0 Å². The Morgan fingerprint density at radius 3 is 1.85 bits per heavy atom. The van der Waals surface area contributed by atoms with E-state index in [-0.39, 0.29) is 11.3 Å². The van der Waals surface area contributed by atoms with E-state index >= 15 is 0 Å². The van der Waals surface area contributed by atoms with Crippen LogP contribution in [0.2, 0.25) is 0 Å². The zero-order chi connectivity index (χ0) is 10.6. The highest BCUT2D eigenvalue weighted by atomic mass is 32.2. The Hall–Kier alpha value is -0.0900. The summed E-state index contributed by atoms with van der Waals surface area (Å²) < 4.78 is 25.5. The molecule has 1 atom stereocenters. The van der Waals surface area contributed by atoms with Crippen LogP contribution in [0.5, 0.6) is 0 Å². The predicted octanol–water partition coefficient (Wildman–Crippen LogP) is 1.75. The molecule has 80 valence electrons. The molecule has 0 fully saturated rings. The minimum atomic E-state index is -3.09. The van der Waals surface area contributed by atoms with Gasteiger partial charge in [-0.2, -0.15) is 0 Å². The fraction of sp³-hybridized carbons (Fsp3) is 1.00. The van der Waals surface area contributed by atoms with Gasteiger partial charge in [0.25, 0.3) is 0 Å². The minimum Gasteiger partial charge on any atom is -0.212 e. The molecule has 0 rings (SSSR count). The van der Waals surface area contributed by atoms with E-state index in [4.69, 9.17) is 0 Å². The molecule has 0 spiro atoms. The Balaban J connectivity index is 4.13. The van der Waals surface area contributed by atoms with Crippen LogP contribution in [0.15, 0.2) is 0 Å². The number of rotatable bonds is 5. The average Bonchev–Trinajstić information content (AvgIpc) is 1.82. The summed E-state index contributed by atoms with van der Waals surface area (Å²) in [5, 5.41) is -0.345. The summed E-state index contributed by atoms with van der Waals surface area (Å²) >= 11 is 0. The molecule has 0 aliphatic rings. The Morgan fingerprint density at radius 1 is 1.08 bits per heavy atom. The molecular formula is C9H21NO2S. The van der Waals surface area contributed by atoms with Gasteiger partial charge in [-0.3, -0.25) is 0 Å². The van der Waals surface area contributed by atoms with E-state index in [1.807, 2.05) is 6.92 Å². The summed E-state index contributed by atoms with van der Waals surface area (Å²) in [5.41, 5.74) is 0. The van der Waals surface area contributed by atoms with Gasteiger partial charge in [0.1, 0.15) is 0 Å².